The molecule has 0 radical (unpaired) electrons. The highest BCUT2D eigenvalue weighted by atomic mass is 35.5. The van der Waals surface area contributed by atoms with Crippen LogP contribution in [0.4, 0.5) is 0 Å². The van der Waals surface area contributed by atoms with Crippen LogP contribution in [0.15, 0.2) is 67.4 Å². The maximum Gasteiger partial charge on any atom is 0.263 e. The summed E-state index contributed by atoms with van der Waals surface area (Å²) in [5.41, 5.74) is 2.94. The lowest BCUT2D eigenvalue weighted by Gasteiger charge is -2.07. The van der Waals surface area contributed by atoms with Crippen LogP contribution >= 0.6 is 22.9 Å². The number of benzene rings is 2. The van der Waals surface area contributed by atoms with Crippen LogP contribution in [-0.4, -0.2) is 25.7 Å². The number of nitrogens with zero attached hydrogens (tertiary/aromatic N) is 4. The van der Waals surface area contributed by atoms with Gasteiger partial charge in [0.05, 0.1) is 17.8 Å². The summed E-state index contributed by atoms with van der Waals surface area (Å²) in [7, 11) is 0. The Bertz CT molecular complexity index is 1090. The minimum Gasteiger partial charge on any atom is -0.347 e. The number of thiazole rings is 1. The summed E-state index contributed by atoms with van der Waals surface area (Å²) in [6, 6.07) is 15.5. The van der Waals surface area contributed by atoms with E-state index in [0.717, 1.165) is 21.7 Å². The molecule has 28 heavy (non-hydrogen) atoms. The third kappa shape index (κ3) is 4.27. The van der Waals surface area contributed by atoms with Crippen molar-refractivity contribution >= 4 is 28.8 Å². The van der Waals surface area contributed by atoms with E-state index in [0.29, 0.717) is 23.0 Å². The molecule has 2 aromatic heterocycles. The molecule has 0 aliphatic rings. The first-order valence-electron chi connectivity index (χ1n) is 8.58. The smallest absolute Gasteiger partial charge is 0.263 e. The summed E-state index contributed by atoms with van der Waals surface area (Å²) in [5, 5.41) is 8.40. The number of aromatic nitrogens is 4. The summed E-state index contributed by atoms with van der Waals surface area (Å²) in [6.45, 7) is 1.07. The minimum absolute atomic E-state index is 0.155. The zero-order valence-electron chi connectivity index (χ0n) is 14.7. The predicted molar refractivity (Wildman–Crippen MR) is 109 cm³/mol. The topological polar surface area (TPSA) is 72.7 Å². The molecular formula is C20H16ClN5OS. The Morgan fingerprint density at radius 1 is 1.14 bits per heavy atom. The second-order valence-electron chi connectivity index (χ2n) is 6.11. The number of nitrogens with one attached hydrogen (secondary N) is 1. The van der Waals surface area contributed by atoms with Crippen molar-refractivity contribution in [1.29, 1.82) is 0 Å². The summed E-state index contributed by atoms with van der Waals surface area (Å²) in [5.74, 6) is -0.155. The number of halogens is 1. The molecule has 8 heteroatoms. The fourth-order valence-corrected chi connectivity index (χ4v) is 3.90. The molecule has 140 valence electrons. The third-order valence-corrected chi connectivity index (χ3v) is 5.45. The van der Waals surface area contributed by atoms with Gasteiger partial charge in [0.1, 0.15) is 22.5 Å². The lowest BCUT2D eigenvalue weighted by molar-refractivity contribution is 0.0954. The van der Waals surface area contributed by atoms with Crippen molar-refractivity contribution in [2.24, 2.45) is 0 Å². The van der Waals surface area contributed by atoms with Gasteiger partial charge in [0, 0.05) is 12.1 Å². The van der Waals surface area contributed by atoms with Crippen LogP contribution < -0.4 is 5.32 Å². The van der Waals surface area contributed by atoms with Crippen LogP contribution in [0.2, 0.25) is 5.02 Å². The molecule has 2 aromatic carbocycles. The van der Waals surface area contributed by atoms with E-state index in [9.17, 15) is 4.79 Å². The van der Waals surface area contributed by atoms with Gasteiger partial charge in [-0.25, -0.2) is 14.6 Å². The lowest BCUT2D eigenvalue weighted by Crippen LogP contribution is -2.21. The zero-order chi connectivity index (χ0) is 19.3. The van der Waals surface area contributed by atoms with Gasteiger partial charge in [0.2, 0.25) is 0 Å². The van der Waals surface area contributed by atoms with Crippen molar-refractivity contribution in [3.8, 4) is 10.6 Å². The molecule has 1 amide bonds. The number of hydrogen-bond acceptors (Lipinski definition) is 5. The molecule has 6 nitrogen and oxygen atoms in total. The minimum atomic E-state index is -0.155. The molecule has 4 aromatic rings. The van der Waals surface area contributed by atoms with Gasteiger partial charge in [-0.15, -0.1) is 11.3 Å². The first kappa shape index (κ1) is 18.3. The number of carbonyl (C=O) groups excluding carboxylic acids is 1. The van der Waals surface area contributed by atoms with Gasteiger partial charge in [-0.2, -0.15) is 5.10 Å². The third-order valence-electron chi connectivity index (χ3n) is 4.09. The molecule has 0 unspecified atom stereocenters. The van der Waals surface area contributed by atoms with Crippen LogP contribution in [0.5, 0.6) is 0 Å². The molecule has 0 aliphatic carbocycles. The van der Waals surface area contributed by atoms with Crippen molar-refractivity contribution in [1.82, 2.24) is 25.1 Å². The highest BCUT2D eigenvalue weighted by molar-refractivity contribution is 7.17. The van der Waals surface area contributed by atoms with Crippen LogP contribution in [-0.2, 0) is 13.1 Å². The average molecular weight is 410 g/mol. The Kier molecular flexibility index (Phi) is 5.45. The fraction of sp³-hybridized carbons (Fsp3) is 0.100. The Balaban J connectivity index is 1.40. The van der Waals surface area contributed by atoms with Crippen molar-refractivity contribution in [3.63, 3.8) is 0 Å². The van der Waals surface area contributed by atoms with Crippen LogP contribution in [0.3, 0.4) is 0 Å². The van der Waals surface area contributed by atoms with Crippen LogP contribution in [0.25, 0.3) is 10.6 Å². The number of amides is 1. The van der Waals surface area contributed by atoms with E-state index < -0.39 is 0 Å². The predicted octanol–water partition coefficient (Wildman–Crippen LogP) is 4.03. The Hall–Kier alpha value is -3.03. The molecule has 1 N–H and O–H groups in total. The van der Waals surface area contributed by atoms with E-state index >= 15 is 0 Å². The molecule has 0 fully saturated rings. The summed E-state index contributed by atoms with van der Waals surface area (Å²) >= 11 is 7.53. The monoisotopic (exact) mass is 409 g/mol. The van der Waals surface area contributed by atoms with E-state index in [1.54, 1.807) is 17.2 Å². The second-order valence-corrected chi connectivity index (χ2v) is 7.54. The normalized spacial score (nSPS) is 10.8. The van der Waals surface area contributed by atoms with Gasteiger partial charge in [-0.3, -0.25) is 4.79 Å². The van der Waals surface area contributed by atoms with Gasteiger partial charge >= 0.3 is 0 Å². The summed E-state index contributed by atoms with van der Waals surface area (Å²) in [4.78, 5) is 21.3. The first-order valence-corrected chi connectivity index (χ1v) is 9.77. The summed E-state index contributed by atoms with van der Waals surface area (Å²) < 4.78 is 1.76. The molecule has 0 aliphatic heterocycles. The summed E-state index contributed by atoms with van der Waals surface area (Å²) in [6.07, 6.45) is 4.77. The highest BCUT2D eigenvalue weighted by Crippen LogP contribution is 2.30. The molecule has 0 saturated carbocycles. The van der Waals surface area contributed by atoms with Gasteiger partial charge < -0.3 is 5.32 Å². The van der Waals surface area contributed by atoms with E-state index in [2.05, 4.69) is 20.4 Å². The van der Waals surface area contributed by atoms with Crippen LogP contribution in [0.1, 0.15) is 20.8 Å². The van der Waals surface area contributed by atoms with Gasteiger partial charge in [-0.1, -0.05) is 54.1 Å². The van der Waals surface area contributed by atoms with E-state index in [1.807, 2.05) is 48.5 Å². The zero-order valence-corrected chi connectivity index (χ0v) is 16.3. The molecule has 0 bridgehead atoms. The molecule has 4 rings (SSSR count). The average Bonchev–Trinajstić information content (AvgIpc) is 3.39. The van der Waals surface area contributed by atoms with Gasteiger partial charge in [-0.05, 0) is 17.2 Å². The first-order chi connectivity index (χ1) is 13.7. The van der Waals surface area contributed by atoms with Crippen molar-refractivity contribution in [2.75, 3.05) is 0 Å². The Morgan fingerprint density at radius 2 is 2.00 bits per heavy atom. The molecular weight excluding hydrogens is 394 g/mol. The van der Waals surface area contributed by atoms with Crippen molar-refractivity contribution in [3.05, 3.63) is 88.4 Å². The SMILES string of the molecule is O=C(NCc1cccc(Cn2cncn2)c1)c1cnc(-c2ccccc2Cl)s1. The largest absolute Gasteiger partial charge is 0.347 e. The fourth-order valence-electron chi connectivity index (χ4n) is 2.75. The Labute approximate surface area is 170 Å². The highest BCUT2D eigenvalue weighted by Gasteiger charge is 2.13. The number of carbonyl (C=O) groups is 1. The lowest BCUT2D eigenvalue weighted by atomic mass is 10.1. The van der Waals surface area contributed by atoms with Crippen LogP contribution in [0, 0.1) is 0 Å². The molecule has 0 atom stereocenters. The standard InChI is InChI=1S/C20H16ClN5OS/c21-17-7-2-1-6-16(17)20-24-10-18(28-20)19(27)23-9-14-4-3-5-15(8-14)11-26-13-22-12-25-26/h1-8,10,12-13H,9,11H2,(H,23,27). The maximum absolute atomic E-state index is 12.5. The van der Waals surface area contributed by atoms with E-state index in [-0.39, 0.29) is 5.91 Å². The number of rotatable bonds is 6. The quantitative estimate of drug-likeness (QED) is 0.521. The van der Waals surface area contributed by atoms with Gasteiger partial charge in [0.25, 0.3) is 5.91 Å². The maximum atomic E-state index is 12.5. The Morgan fingerprint density at radius 3 is 2.82 bits per heavy atom. The van der Waals surface area contributed by atoms with Crippen molar-refractivity contribution < 1.29 is 4.79 Å². The number of hydrogen-bond donors (Lipinski definition) is 1. The molecule has 0 spiro atoms. The van der Waals surface area contributed by atoms with Gasteiger partial charge in [0.15, 0.2) is 0 Å². The second kappa shape index (κ2) is 8.33. The van der Waals surface area contributed by atoms with E-state index in [1.165, 1.54) is 17.7 Å². The van der Waals surface area contributed by atoms with E-state index in [4.69, 9.17) is 11.6 Å². The molecule has 2 heterocycles. The molecule has 0 saturated heterocycles. The van der Waals surface area contributed by atoms with Crippen molar-refractivity contribution in [2.45, 2.75) is 13.1 Å².